The van der Waals surface area contributed by atoms with Crippen LogP contribution >= 0.6 is 11.6 Å². The molecule has 0 unspecified atom stereocenters. The van der Waals surface area contributed by atoms with Crippen molar-refractivity contribution >= 4 is 23.2 Å². The molecule has 2 heterocycles. The number of aromatic carboxylic acids is 1. The van der Waals surface area contributed by atoms with Gasteiger partial charge in [0.1, 0.15) is 0 Å². The van der Waals surface area contributed by atoms with E-state index in [1.807, 2.05) is 48.5 Å². The highest BCUT2D eigenvalue weighted by Gasteiger charge is 2.15. The smallest absolute Gasteiger partial charge is 0.356 e. The molecule has 6 heteroatoms. The lowest BCUT2D eigenvalue weighted by Crippen LogP contribution is -2.00. The third-order valence-corrected chi connectivity index (χ3v) is 4.11. The number of benzene rings is 2. The van der Waals surface area contributed by atoms with Crippen LogP contribution in [0.15, 0.2) is 66.7 Å². The van der Waals surface area contributed by atoms with Gasteiger partial charge in [-0.3, -0.25) is 0 Å². The predicted molar refractivity (Wildman–Crippen MR) is 95.8 cm³/mol. The third-order valence-electron chi connectivity index (χ3n) is 3.86. The van der Waals surface area contributed by atoms with Gasteiger partial charge in [-0.25, -0.2) is 14.3 Å². The first-order valence-electron chi connectivity index (χ1n) is 7.57. The van der Waals surface area contributed by atoms with E-state index in [-0.39, 0.29) is 5.69 Å². The van der Waals surface area contributed by atoms with E-state index in [0.717, 1.165) is 22.5 Å². The topological polar surface area (TPSA) is 67.5 Å². The van der Waals surface area contributed by atoms with Gasteiger partial charge in [0.15, 0.2) is 11.3 Å². The fourth-order valence-corrected chi connectivity index (χ4v) is 2.79. The van der Waals surface area contributed by atoms with Gasteiger partial charge in [-0.05, 0) is 18.2 Å². The average Bonchev–Trinajstić information content (AvgIpc) is 3.07. The molecule has 4 rings (SSSR count). The van der Waals surface area contributed by atoms with Crippen LogP contribution < -0.4 is 0 Å². The number of carboxylic acids is 1. The summed E-state index contributed by atoms with van der Waals surface area (Å²) in [6.07, 6.45) is 0. The van der Waals surface area contributed by atoms with Crippen molar-refractivity contribution < 1.29 is 9.90 Å². The summed E-state index contributed by atoms with van der Waals surface area (Å²) in [7, 11) is 0. The first kappa shape index (κ1) is 15.4. The van der Waals surface area contributed by atoms with Crippen LogP contribution in [0, 0.1) is 0 Å². The SMILES string of the molecule is O=C(O)c1cc2nc(-c3ccccc3)cc(-c3ccc(Cl)cc3)n2n1. The summed E-state index contributed by atoms with van der Waals surface area (Å²) in [5.74, 6) is -1.09. The number of carbonyl (C=O) groups is 1. The molecule has 0 aliphatic heterocycles. The summed E-state index contributed by atoms with van der Waals surface area (Å²) in [4.78, 5) is 15.9. The lowest BCUT2D eigenvalue weighted by Gasteiger charge is -2.08. The van der Waals surface area contributed by atoms with E-state index in [1.165, 1.54) is 6.07 Å². The maximum Gasteiger partial charge on any atom is 0.356 e. The zero-order valence-corrected chi connectivity index (χ0v) is 13.7. The normalized spacial score (nSPS) is 10.9. The largest absolute Gasteiger partial charge is 0.476 e. The fourth-order valence-electron chi connectivity index (χ4n) is 2.66. The molecule has 0 spiro atoms. The van der Waals surface area contributed by atoms with Crippen LogP contribution in [0.5, 0.6) is 0 Å². The number of carboxylic acid groups (broad SMARTS) is 1. The molecule has 0 atom stereocenters. The van der Waals surface area contributed by atoms with Crippen molar-refractivity contribution in [3.63, 3.8) is 0 Å². The van der Waals surface area contributed by atoms with Crippen LogP contribution in [0.2, 0.25) is 5.02 Å². The van der Waals surface area contributed by atoms with E-state index in [0.29, 0.717) is 10.7 Å². The Kier molecular flexibility index (Phi) is 3.71. The van der Waals surface area contributed by atoms with Crippen LogP contribution in [0.25, 0.3) is 28.2 Å². The van der Waals surface area contributed by atoms with Crippen LogP contribution in [0.4, 0.5) is 0 Å². The minimum absolute atomic E-state index is 0.0482. The first-order chi connectivity index (χ1) is 12.1. The van der Waals surface area contributed by atoms with Gasteiger partial charge in [-0.1, -0.05) is 54.1 Å². The minimum Gasteiger partial charge on any atom is -0.476 e. The van der Waals surface area contributed by atoms with Crippen molar-refractivity contribution in [1.82, 2.24) is 14.6 Å². The summed E-state index contributed by atoms with van der Waals surface area (Å²) >= 11 is 5.98. The van der Waals surface area contributed by atoms with Gasteiger partial charge in [-0.2, -0.15) is 5.10 Å². The predicted octanol–water partition coefficient (Wildman–Crippen LogP) is 4.41. The monoisotopic (exact) mass is 349 g/mol. The second kappa shape index (κ2) is 6.03. The maximum atomic E-state index is 11.3. The van der Waals surface area contributed by atoms with Crippen molar-refractivity contribution in [2.45, 2.75) is 0 Å². The van der Waals surface area contributed by atoms with E-state index < -0.39 is 5.97 Å². The quantitative estimate of drug-likeness (QED) is 0.594. The molecule has 4 aromatic rings. The maximum absolute atomic E-state index is 11.3. The Hall–Kier alpha value is -3.18. The first-order valence-corrected chi connectivity index (χ1v) is 7.95. The second-order valence-corrected chi connectivity index (χ2v) is 5.94. The van der Waals surface area contributed by atoms with Gasteiger partial charge in [0, 0.05) is 22.2 Å². The van der Waals surface area contributed by atoms with Gasteiger partial charge in [0.2, 0.25) is 0 Å². The van der Waals surface area contributed by atoms with Gasteiger partial charge in [-0.15, -0.1) is 0 Å². The number of fused-ring (bicyclic) bond motifs is 1. The molecule has 1 N–H and O–H groups in total. The lowest BCUT2D eigenvalue weighted by atomic mass is 10.1. The number of halogens is 1. The molecule has 0 saturated carbocycles. The molecule has 0 saturated heterocycles. The molecule has 25 heavy (non-hydrogen) atoms. The second-order valence-electron chi connectivity index (χ2n) is 5.50. The Bertz CT molecular complexity index is 1070. The Labute approximate surface area is 148 Å². The van der Waals surface area contributed by atoms with Crippen molar-refractivity contribution in [2.75, 3.05) is 0 Å². The highest BCUT2D eigenvalue weighted by molar-refractivity contribution is 6.30. The molecule has 0 aliphatic rings. The summed E-state index contributed by atoms with van der Waals surface area (Å²) in [5, 5.41) is 14.0. The molecule has 0 aliphatic carbocycles. The van der Waals surface area contributed by atoms with Gasteiger partial charge < -0.3 is 5.11 Å². The molecule has 2 aromatic carbocycles. The van der Waals surface area contributed by atoms with Crippen LogP contribution in [-0.2, 0) is 0 Å². The summed E-state index contributed by atoms with van der Waals surface area (Å²) in [5.41, 5.74) is 3.73. The number of hydrogen-bond donors (Lipinski definition) is 1. The summed E-state index contributed by atoms with van der Waals surface area (Å²) < 4.78 is 1.54. The van der Waals surface area contributed by atoms with Crippen LogP contribution in [0.1, 0.15) is 10.5 Å². The molecule has 0 amide bonds. The van der Waals surface area contributed by atoms with Crippen molar-refractivity contribution in [2.24, 2.45) is 0 Å². The van der Waals surface area contributed by atoms with E-state index in [4.69, 9.17) is 11.6 Å². The summed E-state index contributed by atoms with van der Waals surface area (Å²) in [6.45, 7) is 0. The molecule has 2 aromatic heterocycles. The Morgan fingerprint density at radius 1 is 0.960 bits per heavy atom. The third kappa shape index (κ3) is 2.86. The lowest BCUT2D eigenvalue weighted by molar-refractivity contribution is 0.0690. The Morgan fingerprint density at radius 3 is 2.36 bits per heavy atom. The average molecular weight is 350 g/mol. The zero-order valence-electron chi connectivity index (χ0n) is 12.9. The minimum atomic E-state index is -1.09. The standard InChI is InChI=1S/C19H12ClN3O2/c20-14-8-6-13(7-9-14)17-10-15(12-4-2-1-3-5-12)21-18-11-16(19(24)25)22-23(17)18/h1-11H,(H,24,25). The number of aromatic nitrogens is 3. The van der Waals surface area contributed by atoms with Crippen molar-refractivity contribution in [3.05, 3.63) is 77.4 Å². The number of nitrogens with zero attached hydrogens (tertiary/aromatic N) is 3. The highest BCUT2D eigenvalue weighted by atomic mass is 35.5. The van der Waals surface area contributed by atoms with Crippen LogP contribution in [-0.4, -0.2) is 25.7 Å². The fraction of sp³-hybridized carbons (Fsp3) is 0. The Morgan fingerprint density at radius 2 is 1.68 bits per heavy atom. The number of rotatable bonds is 3. The molecular weight excluding hydrogens is 338 g/mol. The molecular formula is C19H12ClN3O2. The highest BCUT2D eigenvalue weighted by Crippen LogP contribution is 2.27. The van der Waals surface area contributed by atoms with E-state index in [1.54, 1.807) is 16.6 Å². The molecule has 0 bridgehead atoms. The zero-order chi connectivity index (χ0) is 17.4. The van der Waals surface area contributed by atoms with Crippen molar-refractivity contribution in [1.29, 1.82) is 0 Å². The van der Waals surface area contributed by atoms with E-state index in [9.17, 15) is 9.90 Å². The molecule has 0 fully saturated rings. The van der Waals surface area contributed by atoms with Gasteiger partial charge in [0.05, 0.1) is 11.4 Å². The van der Waals surface area contributed by atoms with Crippen LogP contribution in [0.3, 0.4) is 0 Å². The van der Waals surface area contributed by atoms with Gasteiger partial charge >= 0.3 is 5.97 Å². The van der Waals surface area contributed by atoms with Gasteiger partial charge in [0.25, 0.3) is 0 Å². The van der Waals surface area contributed by atoms with Crippen molar-refractivity contribution in [3.8, 4) is 22.5 Å². The van der Waals surface area contributed by atoms with E-state index >= 15 is 0 Å². The molecule has 5 nitrogen and oxygen atoms in total. The van der Waals surface area contributed by atoms with E-state index in [2.05, 4.69) is 10.1 Å². The Balaban J connectivity index is 2.00. The molecule has 0 radical (unpaired) electrons. The summed E-state index contributed by atoms with van der Waals surface area (Å²) in [6, 6.07) is 20.4. The molecule has 122 valence electrons. The number of hydrogen-bond acceptors (Lipinski definition) is 3.